The van der Waals surface area contributed by atoms with Crippen molar-refractivity contribution in [1.29, 1.82) is 0 Å². The van der Waals surface area contributed by atoms with Crippen LogP contribution in [0.3, 0.4) is 0 Å². The van der Waals surface area contributed by atoms with Crippen molar-refractivity contribution < 1.29 is 19.1 Å². The van der Waals surface area contributed by atoms with Gasteiger partial charge in [0, 0.05) is 35.9 Å². The minimum Gasteiger partial charge on any atom is -0.484 e. The summed E-state index contributed by atoms with van der Waals surface area (Å²) in [5, 5.41) is 2.51. The number of para-hydroxylation sites is 1. The molecular weight excluding hydrogens is 464 g/mol. The van der Waals surface area contributed by atoms with Crippen LogP contribution in [-0.4, -0.2) is 47.3 Å². The van der Waals surface area contributed by atoms with Gasteiger partial charge in [-0.2, -0.15) is 0 Å². The molecule has 0 atom stereocenters. The quantitative estimate of drug-likeness (QED) is 0.425. The zero-order valence-electron chi connectivity index (χ0n) is 18.9. The van der Waals surface area contributed by atoms with E-state index in [1.54, 1.807) is 34.5 Å². The highest BCUT2D eigenvalue weighted by molar-refractivity contribution is 7.09. The Morgan fingerprint density at radius 2 is 1.69 bits per heavy atom. The monoisotopic (exact) mass is 488 g/mol. The number of hydrazine groups is 1. The van der Waals surface area contributed by atoms with Crippen molar-refractivity contribution in [2.24, 2.45) is 0 Å². The minimum atomic E-state index is -0.496. The van der Waals surface area contributed by atoms with Crippen molar-refractivity contribution in [1.82, 2.24) is 20.7 Å². The highest BCUT2D eigenvalue weighted by Crippen LogP contribution is 2.30. The van der Waals surface area contributed by atoms with E-state index in [0.717, 1.165) is 23.4 Å². The van der Waals surface area contributed by atoms with Crippen LogP contribution in [0.1, 0.15) is 39.8 Å². The molecule has 8 nitrogen and oxygen atoms in total. The van der Waals surface area contributed by atoms with Gasteiger partial charge in [-0.25, -0.2) is 4.98 Å². The van der Waals surface area contributed by atoms with E-state index >= 15 is 0 Å². The maximum Gasteiger partial charge on any atom is 0.298 e. The van der Waals surface area contributed by atoms with Crippen LogP contribution in [0.5, 0.6) is 5.75 Å². The van der Waals surface area contributed by atoms with Gasteiger partial charge >= 0.3 is 0 Å². The molecule has 0 saturated carbocycles. The third kappa shape index (κ3) is 6.91. The van der Waals surface area contributed by atoms with Crippen molar-refractivity contribution in [3.63, 3.8) is 0 Å². The lowest BCUT2D eigenvalue weighted by Crippen LogP contribution is -2.44. The number of piperidine rings is 1. The molecule has 0 spiro atoms. The molecular formula is C26H24N4O4S. The van der Waals surface area contributed by atoms with Gasteiger partial charge in [-0.05, 0) is 37.1 Å². The summed E-state index contributed by atoms with van der Waals surface area (Å²) in [6.45, 7) is 0.955. The molecule has 1 aliphatic rings. The van der Waals surface area contributed by atoms with Crippen LogP contribution in [-0.2, 0) is 9.59 Å². The Morgan fingerprint density at radius 1 is 1.00 bits per heavy atom. The molecule has 9 heteroatoms. The van der Waals surface area contributed by atoms with E-state index in [4.69, 9.17) is 4.74 Å². The second-order valence-electron chi connectivity index (χ2n) is 7.86. The predicted octanol–water partition coefficient (Wildman–Crippen LogP) is 2.74. The van der Waals surface area contributed by atoms with Gasteiger partial charge in [-0.3, -0.25) is 25.2 Å². The SMILES string of the molecule is O=C(COc1ccccc1)NNC(=O)c1csc(C2CCN(C(=O)C#Cc3ccccc3)CC2)n1. The maximum absolute atomic E-state index is 12.4. The molecule has 0 unspecified atom stereocenters. The standard InChI is InChI=1S/C26H24N4O4S/c31-23(17-34-21-9-5-2-6-10-21)28-29-25(33)22-18-35-26(27-22)20-13-15-30(16-14-20)24(32)12-11-19-7-3-1-4-8-19/h1-10,18,20H,13-17H2,(H,28,31)(H,29,33). The first-order chi connectivity index (χ1) is 17.1. The lowest BCUT2D eigenvalue weighted by atomic mass is 9.97. The van der Waals surface area contributed by atoms with Crippen LogP contribution in [0.4, 0.5) is 0 Å². The van der Waals surface area contributed by atoms with Gasteiger partial charge in [0.25, 0.3) is 17.7 Å². The van der Waals surface area contributed by atoms with Gasteiger partial charge in [0.05, 0.1) is 5.01 Å². The first kappa shape index (κ1) is 24.0. The third-order valence-electron chi connectivity index (χ3n) is 5.40. The number of rotatable bonds is 5. The Labute approximate surface area is 207 Å². The first-order valence-electron chi connectivity index (χ1n) is 11.2. The summed E-state index contributed by atoms with van der Waals surface area (Å²) in [4.78, 5) is 42.9. The molecule has 178 valence electrons. The second kappa shape index (κ2) is 11.8. The fourth-order valence-corrected chi connectivity index (χ4v) is 4.50. The topological polar surface area (TPSA) is 101 Å². The van der Waals surface area contributed by atoms with Crippen molar-refractivity contribution >= 4 is 29.1 Å². The molecule has 2 aromatic carbocycles. The number of benzene rings is 2. The summed E-state index contributed by atoms with van der Waals surface area (Å²) in [7, 11) is 0. The van der Waals surface area contributed by atoms with Gasteiger partial charge in [-0.1, -0.05) is 42.3 Å². The molecule has 0 bridgehead atoms. The molecule has 1 fully saturated rings. The number of nitrogens with one attached hydrogen (secondary N) is 2. The Bertz CT molecular complexity index is 1230. The molecule has 2 N–H and O–H groups in total. The van der Waals surface area contributed by atoms with Gasteiger partial charge in [0.1, 0.15) is 11.4 Å². The van der Waals surface area contributed by atoms with Crippen LogP contribution >= 0.6 is 11.3 Å². The van der Waals surface area contributed by atoms with E-state index in [-0.39, 0.29) is 24.1 Å². The Kier molecular flexibility index (Phi) is 8.09. The number of likely N-dealkylation sites (tertiary alicyclic amines) is 1. The van der Waals surface area contributed by atoms with Crippen LogP contribution in [0.2, 0.25) is 0 Å². The number of nitrogens with zero attached hydrogens (tertiary/aromatic N) is 2. The highest BCUT2D eigenvalue weighted by atomic mass is 32.1. The van der Waals surface area contributed by atoms with Gasteiger partial charge < -0.3 is 9.64 Å². The lowest BCUT2D eigenvalue weighted by molar-refractivity contribution is -0.126. The lowest BCUT2D eigenvalue weighted by Gasteiger charge is -2.29. The zero-order chi connectivity index (χ0) is 24.5. The molecule has 2 heterocycles. The van der Waals surface area contributed by atoms with E-state index < -0.39 is 11.8 Å². The highest BCUT2D eigenvalue weighted by Gasteiger charge is 2.26. The number of ether oxygens (including phenoxy) is 1. The molecule has 1 saturated heterocycles. The van der Waals surface area contributed by atoms with Crippen LogP contribution in [0.15, 0.2) is 66.0 Å². The fraction of sp³-hybridized carbons (Fsp3) is 0.231. The van der Waals surface area contributed by atoms with Crippen molar-refractivity contribution in [2.75, 3.05) is 19.7 Å². The summed E-state index contributed by atoms with van der Waals surface area (Å²) in [5.74, 6) is 5.19. The molecule has 0 radical (unpaired) electrons. The van der Waals surface area contributed by atoms with Crippen LogP contribution in [0, 0.1) is 11.8 Å². The Morgan fingerprint density at radius 3 is 2.40 bits per heavy atom. The summed E-state index contributed by atoms with van der Waals surface area (Å²) in [6, 6.07) is 18.3. The summed E-state index contributed by atoms with van der Waals surface area (Å²) in [5.41, 5.74) is 5.73. The van der Waals surface area contributed by atoms with Gasteiger partial charge in [0.2, 0.25) is 0 Å². The number of carbonyl (C=O) groups excluding carboxylic acids is 3. The number of aromatic nitrogens is 1. The molecule has 1 aliphatic heterocycles. The molecule has 1 aromatic heterocycles. The maximum atomic E-state index is 12.4. The average Bonchev–Trinajstić information content (AvgIpc) is 3.41. The molecule has 4 rings (SSSR count). The van der Waals surface area contributed by atoms with E-state index in [2.05, 4.69) is 27.7 Å². The Hall–Kier alpha value is -4.16. The second-order valence-corrected chi connectivity index (χ2v) is 8.75. The van der Waals surface area contributed by atoms with E-state index in [1.165, 1.54) is 11.3 Å². The van der Waals surface area contributed by atoms with E-state index in [1.807, 2.05) is 36.4 Å². The van der Waals surface area contributed by atoms with Crippen LogP contribution in [0.25, 0.3) is 0 Å². The largest absolute Gasteiger partial charge is 0.484 e. The average molecular weight is 489 g/mol. The zero-order valence-corrected chi connectivity index (χ0v) is 19.7. The van der Waals surface area contributed by atoms with Crippen molar-refractivity contribution in [3.8, 4) is 17.6 Å². The smallest absolute Gasteiger partial charge is 0.298 e. The molecule has 3 amide bonds. The van der Waals surface area contributed by atoms with E-state index in [0.29, 0.717) is 18.8 Å². The normalized spacial score (nSPS) is 13.3. The number of carbonyl (C=O) groups is 3. The molecule has 0 aliphatic carbocycles. The van der Waals surface area contributed by atoms with Crippen molar-refractivity contribution in [2.45, 2.75) is 18.8 Å². The number of amides is 3. The first-order valence-corrected chi connectivity index (χ1v) is 12.0. The Balaban J connectivity index is 1.21. The van der Waals surface area contributed by atoms with E-state index in [9.17, 15) is 14.4 Å². The number of hydrogen-bond donors (Lipinski definition) is 2. The summed E-state index contributed by atoms with van der Waals surface area (Å²) in [6.07, 6.45) is 1.50. The number of thiazole rings is 1. The third-order valence-corrected chi connectivity index (χ3v) is 6.41. The predicted molar refractivity (Wildman–Crippen MR) is 132 cm³/mol. The summed E-state index contributed by atoms with van der Waals surface area (Å²) < 4.78 is 5.34. The molecule has 3 aromatic rings. The van der Waals surface area contributed by atoms with Gasteiger partial charge in [-0.15, -0.1) is 11.3 Å². The molecule has 35 heavy (non-hydrogen) atoms. The van der Waals surface area contributed by atoms with Gasteiger partial charge in [0.15, 0.2) is 6.61 Å². The number of hydrogen-bond acceptors (Lipinski definition) is 6. The summed E-state index contributed by atoms with van der Waals surface area (Å²) >= 11 is 1.40. The van der Waals surface area contributed by atoms with Crippen molar-refractivity contribution in [3.05, 3.63) is 82.3 Å². The van der Waals surface area contributed by atoms with Crippen LogP contribution < -0.4 is 15.6 Å². The fourth-order valence-electron chi connectivity index (χ4n) is 3.53. The minimum absolute atomic E-state index is 0.168.